The Morgan fingerprint density at radius 2 is 1.77 bits per heavy atom. The number of benzene rings is 1. The van der Waals surface area contributed by atoms with Crippen molar-refractivity contribution >= 4 is 28.6 Å². The summed E-state index contributed by atoms with van der Waals surface area (Å²) in [6, 6.07) is 9.15. The molecule has 1 aromatic carbocycles. The third kappa shape index (κ3) is 5.43. The number of fused-ring (bicyclic) bond motifs is 1. The number of rotatable bonds is 8. The van der Waals surface area contributed by atoms with Gasteiger partial charge in [-0.15, -0.1) is 4.73 Å². The number of hydrogen-bond acceptors (Lipinski definition) is 7. The maximum atomic E-state index is 12.5. The van der Waals surface area contributed by atoms with Crippen LogP contribution in [0.3, 0.4) is 0 Å². The quantitative estimate of drug-likeness (QED) is 0.434. The van der Waals surface area contributed by atoms with Gasteiger partial charge in [-0.05, 0) is 36.7 Å². The lowest BCUT2D eigenvalue weighted by atomic mass is 10.1. The standard InChI is InChI=1S/C21H25N5O5/c1-3-25(4-2)10-9-22-20(29)14-5-6-15-13-23-17(12-16(15)11-14)24-21(30)31-26-18(27)7-8-19(26)28/h5-8,11-13,27-28H,3-4,9-10H2,1-2H3,(H,22,29)(H,23,24,30). The number of carbonyl (C=O) groups excluding carboxylic acids is 2. The maximum absolute atomic E-state index is 12.5. The van der Waals surface area contributed by atoms with Crippen LogP contribution in [-0.4, -0.2) is 63.0 Å². The van der Waals surface area contributed by atoms with Crippen molar-refractivity contribution in [1.29, 1.82) is 0 Å². The Morgan fingerprint density at radius 3 is 2.45 bits per heavy atom. The number of aromatic nitrogens is 2. The highest BCUT2D eigenvalue weighted by Gasteiger charge is 2.13. The van der Waals surface area contributed by atoms with E-state index < -0.39 is 17.9 Å². The fraction of sp³-hybridized carbons (Fsp3) is 0.286. The summed E-state index contributed by atoms with van der Waals surface area (Å²) in [5.41, 5.74) is 0.494. The number of aromatic hydroxyl groups is 2. The van der Waals surface area contributed by atoms with Crippen LogP contribution < -0.4 is 15.5 Å². The zero-order valence-corrected chi connectivity index (χ0v) is 17.3. The summed E-state index contributed by atoms with van der Waals surface area (Å²) in [6.07, 6.45) is 0.594. The van der Waals surface area contributed by atoms with Gasteiger partial charge in [-0.2, -0.15) is 0 Å². The highest BCUT2D eigenvalue weighted by molar-refractivity contribution is 5.99. The molecule has 3 aromatic rings. The molecule has 0 aliphatic heterocycles. The van der Waals surface area contributed by atoms with Crippen molar-refractivity contribution < 1.29 is 24.6 Å². The molecule has 0 radical (unpaired) electrons. The van der Waals surface area contributed by atoms with Crippen molar-refractivity contribution in [3.63, 3.8) is 0 Å². The fourth-order valence-electron chi connectivity index (χ4n) is 3.03. The van der Waals surface area contributed by atoms with E-state index in [1.165, 1.54) is 12.1 Å². The molecule has 2 amide bonds. The second-order valence-electron chi connectivity index (χ2n) is 6.76. The maximum Gasteiger partial charge on any atom is 0.437 e. The molecule has 0 aliphatic carbocycles. The first-order valence-electron chi connectivity index (χ1n) is 9.90. The lowest BCUT2D eigenvalue weighted by Crippen LogP contribution is -2.34. The average Bonchev–Trinajstić information content (AvgIpc) is 3.08. The van der Waals surface area contributed by atoms with Gasteiger partial charge in [0.1, 0.15) is 5.82 Å². The molecule has 0 atom stereocenters. The van der Waals surface area contributed by atoms with E-state index in [4.69, 9.17) is 4.84 Å². The number of likely N-dealkylation sites (N-methyl/N-ethyl adjacent to an activating group) is 1. The van der Waals surface area contributed by atoms with E-state index in [9.17, 15) is 19.8 Å². The van der Waals surface area contributed by atoms with Gasteiger partial charge in [0.25, 0.3) is 5.91 Å². The van der Waals surface area contributed by atoms with Crippen LogP contribution in [0, 0.1) is 0 Å². The van der Waals surface area contributed by atoms with Gasteiger partial charge in [0.2, 0.25) is 11.8 Å². The molecule has 4 N–H and O–H groups in total. The number of carbonyl (C=O) groups is 2. The highest BCUT2D eigenvalue weighted by atomic mass is 16.7. The summed E-state index contributed by atoms with van der Waals surface area (Å²) in [5.74, 6) is -0.868. The van der Waals surface area contributed by atoms with Crippen molar-refractivity contribution in [2.24, 2.45) is 0 Å². The van der Waals surface area contributed by atoms with Gasteiger partial charge >= 0.3 is 6.09 Å². The largest absolute Gasteiger partial charge is 0.492 e. The predicted molar refractivity (Wildman–Crippen MR) is 115 cm³/mol. The van der Waals surface area contributed by atoms with Crippen LogP contribution >= 0.6 is 0 Å². The number of anilines is 1. The molecular weight excluding hydrogens is 402 g/mol. The number of pyridine rings is 1. The number of nitrogens with zero attached hydrogens (tertiary/aromatic N) is 3. The monoisotopic (exact) mass is 427 g/mol. The van der Waals surface area contributed by atoms with E-state index in [1.54, 1.807) is 30.5 Å². The van der Waals surface area contributed by atoms with Crippen molar-refractivity contribution in [3.05, 3.63) is 48.2 Å². The molecule has 0 unspecified atom stereocenters. The van der Waals surface area contributed by atoms with Gasteiger partial charge in [0.05, 0.1) is 0 Å². The summed E-state index contributed by atoms with van der Waals surface area (Å²) >= 11 is 0. The first-order chi connectivity index (χ1) is 14.9. The molecule has 0 spiro atoms. The lowest BCUT2D eigenvalue weighted by Gasteiger charge is -2.18. The van der Waals surface area contributed by atoms with Gasteiger partial charge in [-0.25, -0.2) is 9.78 Å². The highest BCUT2D eigenvalue weighted by Crippen LogP contribution is 2.20. The SMILES string of the molecule is CCN(CC)CCNC(=O)c1ccc2cnc(NC(=O)On3c(O)ccc3O)cc2c1. The van der Waals surface area contributed by atoms with Crippen LogP contribution in [-0.2, 0) is 0 Å². The molecule has 164 valence electrons. The van der Waals surface area contributed by atoms with Crippen molar-refractivity contribution in [1.82, 2.24) is 19.9 Å². The summed E-state index contributed by atoms with van der Waals surface area (Å²) in [6.45, 7) is 7.34. The molecule has 31 heavy (non-hydrogen) atoms. The Labute approximate surface area is 179 Å². The van der Waals surface area contributed by atoms with E-state index in [0.717, 1.165) is 25.0 Å². The second kappa shape index (κ2) is 9.81. The van der Waals surface area contributed by atoms with E-state index in [0.29, 0.717) is 22.2 Å². The summed E-state index contributed by atoms with van der Waals surface area (Å²) in [4.78, 5) is 35.7. The Morgan fingerprint density at radius 1 is 1.06 bits per heavy atom. The molecule has 0 saturated carbocycles. The summed E-state index contributed by atoms with van der Waals surface area (Å²) in [7, 11) is 0. The molecular formula is C21H25N5O5. The van der Waals surface area contributed by atoms with Crippen molar-refractivity contribution in [2.75, 3.05) is 31.5 Å². The number of amides is 2. The van der Waals surface area contributed by atoms with Gasteiger partial charge in [0, 0.05) is 42.4 Å². The average molecular weight is 427 g/mol. The van der Waals surface area contributed by atoms with Crippen LogP contribution in [0.2, 0.25) is 0 Å². The second-order valence-corrected chi connectivity index (χ2v) is 6.76. The van der Waals surface area contributed by atoms with E-state index in [2.05, 4.69) is 34.4 Å². The Bertz CT molecular complexity index is 1060. The van der Waals surface area contributed by atoms with Gasteiger partial charge in [-0.3, -0.25) is 10.1 Å². The normalized spacial score (nSPS) is 10.9. The Balaban J connectivity index is 1.67. The summed E-state index contributed by atoms with van der Waals surface area (Å²) in [5, 5.41) is 25.9. The van der Waals surface area contributed by atoms with E-state index in [1.807, 2.05) is 0 Å². The summed E-state index contributed by atoms with van der Waals surface area (Å²) < 4.78 is 0.567. The van der Waals surface area contributed by atoms with E-state index in [-0.39, 0.29) is 11.7 Å². The molecule has 0 fully saturated rings. The molecule has 10 nitrogen and oxygen atoms in total. The zero-order valence-electron chi connectivity index (χ0n) is 17.3. The van der Waals surface area contributed by atoms with Gasteiger partial charge in [0.15, 0.2) is 0 Å². The van der Waals surface area contributed by atoms with E-state index >= 15 is 0 Å². The molecule has 0 bridgehead atoms. The third-order valence-electron chi connectivity index (χ3n) is 4.79. The zero-order chi connectivity index (χ0) is 22.4. The van der Waals surface area contributed by atoms with Crippen LogP contribution in [0.15, 0.2) is 42.6 Å². The number of nitrogens with one attached hydrogen (secondary N) is 2. The molecule has 3 rings (SSSR count). The first kappa shape index (κ1) is 21.9. The third-order valence-corrected chi connectivity index (χ3v) is 4.79. The minimum atomic E-state index is -0.959. The lowest BCUT2D eigenvalue weighted by molar-refractivity contribution is 0.0949. The van der Waals surface area contributed by atoms with Crippen LogP contribution in [0.25, 0.3) is 10.8 Å². The molecule has 0 saturated heterocycles. The smallest absolute Gasteiger partial charge is 0.437 e. The molecule has 2 heterocycles. The molecule has 0 aliphatic rings. The van der Waals surface area contributed by atoms with Crippen molar-refractivity contribution in [2.45, 2.75) is 13.8 Å². The molecule has 10 heteroatoms. The number of hydrogen-bond donors (Lipinski definition) is 4. The van der Waals surface area contributed by atoms with Gasteiger partial charge < -0.3 is 25.3 Å². The van der Waals surface area contributed by atoms with Crippen LogP contribution in [0.4, 0.5) is 10.6 Å². The van der Waals surface area contributed by atoms with Crippen LogP contribution in [0.1, 0.15) is 24.2 Å². The minimum Gasteiger partial charge on any atom is -0.492 e. The minimum absolute atomic E-state index is 0.182. The Hall–Kier alpha value is -3.79. The van der Waals surface area contributed by atoms with Gasteiger partial charge in [-0.1, -0.05) is 19.9 Å². The van der Waals surface area contributed by atoms with Crippen LogP contribution in [0.5, 0.6) is 11.8 Å². The van der Waals surface area contributed by atoms with Crippen molar-refractivity contribution in [3.8, 4) is 11.8 Å². The molecule has 2 aromatic heterocycles. The first-order valence-corrected chi connectivity index (χ1v) is 9.90. The Kier molecular flexibility index (Phi) is 6.93. The fourth-order valence-corrected chi connectivity index (χ4v) is 3.03. The predicted octanol–water partition coefficient (Wildman–Crippen LogP) is 2.18. The topological polar surface area (TPSA) is 129 Å².